The van der Waals surface area contributed by atoms with Crippen molar-refractivity contribution < 1.29 is 14.6 Å². The van der Waals surface area contributed by atoms with Crippen molar-refractivity contribution in [2.24, 2.45) is 5.10 Å². The lowest BCUT2D eigenvalue weighted by molar-refractivity contribution is -0.144. The van der Waals surface area contributed by atoms with E-state index in [0.29, 0.717) is 27.3 Å². The second kappa shape index (κ2) is 8.97. The van der Waals surface area contributed by atoms with E-state index in [1.807, 2.05) is 19.9 Å². The Bertz CT molecular complexity index is 1210. The van der Waals surface area contributed by atoms with Crippen molar-refractivity contribution in [3.63, 3.8) is 0 Å². The number of ether oxygens (including phenoxy) is 1. The summed E-state index contributed by atoms with van der Waals surface area (Å²) in [6, 6.07) is 10.0. The molecule has 9 heteroatoms. The molecule has 2 aromatic carbocycles. The van der Waals surface area contributed by atoms with Gasteiger partial charge in [0.25, 0.3) is 5.56 Å². The number of halogens is 2. The summed E-state index contributed by atoms with van der Waals surface area (Å²) in [5.41, 5.74) is 0.705. The topological polar surface area (TPSA) is 93.8 Å². The highest BCUT2D eigenvalue weighted by atomic mass is 79.9. The van der Waals surface area contributed by atoms with Crippen LogP contribution < -0.4 is 10.3 Å². The lowest BCUT2D eigenvalue weighted by atomic mass is 10.2. The zero-order valence-electron chi connectivity index (χ0n) is 16.5. The van der Waals surface area contributed by atoms with Crippen molar-refractivity contribution in [2.75, 3.05) is 0 Å². The van der Waals surface area contributed by atoms with Crippen LogP contribution in [0.3, 0.4) is 0 Å². The van der Waals surface area contributed by atoms with E-state index in [2.05, 4.69) is 26.0 Å². The highest BCUT2D eigenvalue weighted by Crippen LogP contribution is 2.23. The van der Waals surface area contributed by atoms with Crippen LogP contribution in [0.5, 0.6) is 5.75 Å². The number of carboxylic acids is 1. The van der Waals surface area contributed by atoms with Gasteiger partial charge in [-0.15, -0.1) is 0 Å². The zero-order valence-corrected chi connectivity index (χ0v) is 18.8. The van der Waals surface area contributed by atoms with Gasteiger partial charge in [0.05, 0.1) is 17.1 Å². The maximum absolute atomic E-state index is 13.1. The van der Waals surface area contributed by atoms with Crippen LogP contribution in [0.25, 0.3) is 10.9 Å². The molecule has 0 bridgehead atoms. The first-order chi connectivity index (χ1) is 14.2. The van der Waals surface area contributed by atoms with Gasteiger partial charge in [0.1, 0.15) is 11.6 Å². The number of aliphatic carboxylic acids is 1. The van der Waals surface area contributed by atoms with Crippen molar-refractivity contribution in [1.29, 1.82) is 0 Å². The van der Waals surface area contributed by atoms with Crippen LogP contribution in [0.15, 0.2) is 50.8 Å². The molecule has 0 aliphatic carbocycles. The molecule has 156 valence electrons. The van der Waals surface area contributed by atoms with Gasteiger partial charge < -0.3 is 9.84 Å². The Labute approximate surface area is 186 Å². The maximum Gasteiger partial charge on any atom is 0.344 e. The summed E-state index contributed by atoms with van der Waals surface area (Å²) in [4.78, 5) is 28.8. The molecule has 1 atom stereocenters. The number of carboxylic acid groups (broad SMARTS) is 1. The average Bonchev–Trinajstić information content (AvgIpc) is 2.69. The van der Waals surface area contributed by atoms with Gasteiger partial charge in [-0.1, -0.05) is 41.4 Å². The van der Waals surface area contributed by atoms with E-state index in [9.17, 15) is 9.59 Å². The number of hydrogen-bond acceptors (Lipinski definition) is 5. The molecule has 30 heavy (non-hydrogen) atoms. The van der Waals surface area contributed by atoms with Crippen molar-refractivity contribution >= 4 is 50.6 Å². The third-order valence-electron chi connectivity index (χ3n) is 4.29. The molecule has 3 aromatic rings. The molecular formula is C21H19BrClN3O4. The van der Waals surface area contributed by atoms with Crippen LogP contribution in [-0.2, 0) is 4.79 Å². The fourth-order valence-electron chi connectivity index (χ4n) is 2.74. The number of hydrogen-bond donors (Lipinski definition) is 1. The third kappa shape index (κ3) is 4.71. The van der Waals surface area contributed by atoms with Gasteiger partial charge in [-0.25, -0.2) is 9.78 Å². The van der Waals surface area contributed by atoms with Gasteiger partial charge >= 0.3 is 5.97 Å². The van der Waals surface area contributed by atoms with Gasteiger partial charge in [0.2, 0.25) is 0 Å². The van der Waals surface area contributed by atoms with Gasteiger partial charge in [0, 0.05) is 21.0 Å². The first kappa shape index (κ1) is 22.0. The molecule has 0 spiro atoms. The smallest absolute Gasteiger partial charge is 0.344 e. The Kier molecular flexibility index (Phi) is 6.58. The van der Waals surface area contributed by atoms with E-state index < -0.39 is 12.1 Å². The summed E-state index contributed by atoms with van der Waals surface area (Å²) < 4.78 is 7.49. The fourth-order valence-corrected chi connectivity index (χ4v) is 3.28. The normalized spacial score (nSPS) is 12.6. The molecule has 0 saturated carbocycles. The van der Waals surface area contributed by atoms with Crippen molar-refractivity contribution in [3.05, 3.63) is 67.6 Å². The van der Waals surface area contributed by atoms with Crippen LogP contribution in [0.2, 0.25) is 5.02 Å². The second-order valence-corrected chi connectivity index (χ2v) is 8.28. The monoisotopic (exact) mass is 491 g/mol. The van der Waals surface area contributed by atoms with Crippen molar-refractivity contribution in [3.8, 4) is 5.75 Å². The first-order valence-corrected chi connectivity index (χ1v) is 10.3. The molecule has 0 radical (unpaired) electrons. The van der Waals surface area contributed by atoms with E-state index in [1.54, 1.807) is 30.3 Å². The quantitative estimate of drug-likeness (QED) is 0.505. The average molecular weight is 493 g/mol. The Morgan fingerprint density at radius 2 is 2.00 bits per heavy atom. The number of fused-ring (bicyclic) bond motifs is 1. The Hall–Kier alpha value is -2.71. The van der Waals surface area contributed by atoms with Gasteiger partial charge in [-0.05, 0) is 43.3 Å². The molecule has 3 rings (SSSR count). The standard InChI is InChI=1S/C21H19BrClN3O4/c1-11(2)19-25-17-6-4-14(22)9-16(17)20(27)26(19)24-10-13-8-15(23)5-7-18(13)30-12(3)21(28)29/h4-12H,1-3H3,(H,28,29)/t12-/m1/s1. The second-order valence-electron chi connectivity index (χ2n) is 6.93. The minimum Gasteiger partial charge on any atom is -0.479 e. The highest BCUT2D eigenvalue weighted by Gasteiger charge is 2.16. The van der Waals surface area contributed by atoms with E-state index >= 15 is 0 Å². The van der Waals surface area contributed by atoms with Crippen LogP contribution in [0.4, 0.5) is 0 Å². The molecule has 1 N–H and O–H groups in total. The highest BCUT2D eigenvalue weighted by molar-refractivity contribution is 9.10. The number of benzene rings is 2. The molecule has 0 amide bonds. The predicted octanol–water partition coefficient (Wildman–Crippen LogP) is 4.67. The number of nitrogens with zero attached hydrogens (tertiary/aromatic N) is 3. The predicted molar refractivity (Wildman–Crippen MR) is 120 cm³/mol. The van der Waals surface area contributed by atoms with E-state index in [-0.39, 0.29) is 17.2 Å². The van der Waals surface area contributed by atoms with Gasteiger partial charge in [-0.2, -0.15) is 9.78 Å². The van der Waals surface area contributed by atoms with Gasteiger partial charge in [-0.3, -0.25) is 4.79 Å². The summed E-state index contributed by atoms with van der Waals surface area (Å²) in [6.07, 6.45) is 0.348. The van der Waals surface area contributed by atoms with E-state index in [0.717, 1.165) is 4.47 Å². The zero-order chi connectivity index (χ0) is 22.0. The summed E-state index contributed by atoms with van der Waals surface area (Å²) in [5, 5.41) is 14.3. The third-order valence-corrected chi connectivity index (χ3v) is 5.01. The van der Waals surface area contributed by atoms with Crippen LogP contribution in [0.1, 0.15) is 38.1 Å². The molecule has 1 heterocycles. The molecule has 0 unspecified atom stereocenters. The Balaban J connectivity index is 2.13. The molecule has 0 saturated heterocycles. The molecule has 0 aliphatic rings. The van der Waals surface area contributed by atoms with Crippen LogP contribution >= 0.6 is 27.5 Å². The fraction of sp³-hybridized carbons (Fsp3) is 0.238. The molecule has 0 aliphatic heterocycles. The summed E-state index contributed by atoms with van der Waals surface area (Å²) in [5.74, 6) is -0.386. The van der Waals surface area contributed by atoms with Crippen LogP contribution in [0, 0.1) is 0 Å². The number of aromatic nitrogens is 2. The van der Waals surface area contributed by atoms with Gasteiger partial charge in [0.15, 0.2) is 6.10 Å². The molecule has 1 aromatic heterocycles. The molecular weight excluding hydrogens is 474 g/mol. The Morgan fingerprint density at radius 1 is 1.27 bits per heavy atom. The van der Waals surface area contributed by atoms with Crippen LogP contribution in [-0.4, -0.2) is 33.1 Å². The van der Waals surface area contributed by atoms with Crippen molar-refractivity contribution in [2.45, 2.75) is 32.8 Å². The minimum atomic E-state index is -1.10. The lowest BCUT2D eigenvalue weighted by Crippen LogP contribution is -2.24. The van der Waals surface area contributed by atoms with E-state index in [4.69, 9.17) is 21.4 Å². The maximum atomic E-state index is 13.1. The molecule has 0 fully saturated rings. The number of carbonyl (C=O) groups is 1. The van der Waals surface area contributed by atoms with E-state index in [1.165, 1.54) is 17.8 Å². The number of rotatable bonds is 6. The summed E-state index contributed by atoms with van der Waals surface area (Å²) >= 11 is 9.46. The lowest BCUT2D eigenvalue weighted by Gasteiger charge is -2.14. The largest absolute Gasteiger partial charge is 0.479 e. The molecule has 7 nitrogen and oxygen atoms in total. The summed E-state index contributed by atoms with van der Waals surface area (Å²) in [7, 11) is 0. The summed E-state index contributed by atoms with van der Waals surface area (Å²) in [6.45, 7) is 5.26. The first-order valence-electron chi connectivity index (χ1n) is 9.13. The Morgan fingerprint density at radius 3 is 2.67 bits per heavy atom. The SMILES string of the molecule is CC(C)c1nc2ccc(Br)cc2c(=O)n1N=Cc1cc(Cl)ccc1O[C@H](C)C(=O)O. The van der Waals surface area contributed by atoms with Crippen molar-refractivity contribution in [1.82, 2.24) is 9.66 Å². The minimum absolute atomic E-state index is 0.0648.